The number of benzene rings is 1. The largest absolute Gasteiger partial charge is 0.458 e. The Hall–Kier alpha value is -1.32. The lowest BCUT2D eigenvalue weighted by Gasteiger charge is -2.37. The normalized spacial score (nSPS) is 28.7. The molecule has 0 bridgehead atoms. The number of fused-ring (bicyclic) bond motifs is 1. The highest BCUT2D eigenvalue weighted by Crippen LogP contribution is 2.40. The Bertz CT molecular complexity index is 512. The predicted molar refractivity (Wildman–Crippen MR) is 69.4 cm³/mol. The molecule has 0 aliphatic heterocycles. The summed E-state index contributed by atoms with van der Waals surface area (Å²) in [7, 11) is 1.66. The molecule has 1 aromatic heterocycles. The fourth-order valence-electron chi connectivity index (χ4n) is 2.91. The first-order chi connectivity index (χ1) is 8.74. The van der Waals surface area contributed by atoms with Crippen molar-refractivity contribution in [2.45, 2.75) is 37.4 Å². The average molecular weight is 246 g/mol. The van der Waals surface area contributed by atoms with Crippen molar-refractivity contribution >= 4 is 11.0 Å². The second kappa shape index (κ2) is 4.41. The zero-order chi connectivity index (χ0) is 12.6. The molecule has 1 aromatic carbocycles. The quantitative estimate of drug-likeness (QED) is 0.884. The zero-order valence-corrected chi connectivity index (χ0v) is 10.6. The Kier molecular flexibility index (Phi) is 2.88. The Balaban J connectivity index is 2.05. The van der Waals surface area contributed by atoms with Crippen LogP contribution in [0.3, 0.4) is 0 Å². The molecule has 1 aliphatic rings. The van der Waals surface area contributed by atoms with Gasteiger partial charge in [-0.05, 0) is 31.4 Å². The minimum absolute atomic E-state index is 0.174. The number of rotatable bonds is 2. The van der Waals surface area contributed by atoms with Gasteiger partial charge in [0.15, 0.2) is 0 Å². The van der Waals surface area contributed by atoms with Crippen molar-refractivity contribution in [3.05, 3.63) is 36.1 Å². The van der Waals surface area contributed by atoms with Crippen molar-refractivity contribution < 1.29 is 14.3 Å². The summed E-state index contributed by atoms with van der Waals surface area (Å²) in [5.74, 6) is 0.634. The van der Waals surface area contributed by atoms with Gasteiger partial charge in [0.25, 0.3) is 0 Å². The van der Waals surface area contributed by atoms with Crippen LogP contribution in [0.4, 0.5) is 0 Å². The monoisotopic (exact) mass is 246 g/mol. The molecule has 0 amide bonds. The third-order valence-corrected chi connectivity index (χ3v) is 3.94. The van der Waals surface area contributed by atoms with Gasteiger partial charge in [0.2, 0.25) is 0 Å². The van der Waals surface area contributed by atoms with Crippen molar-refractivity contribution in [2.24, 2.45) is 0 Å². The maximum absolute atomic E-state index is 10.9. The number of para-hydroxylation sites is 1. The maximum Gasteiger partial charge on any atom is 0.148 e. The van der Waals surface area contributed by atoms with Crippen LogP contribution in [0.1, 0.15) is 31.4 Å². The average Bonchev–Trinajstić information content (AvgIpc) is 2.83. The highest BCUT2D eigenvalue weighted by Gasteiger charge is 2.43. The zero-order valence-electron chi connectivity index (χ0n) is 10.6. The lowest BCUT2D eigenvalue weighted by atomic mass is 9.80. The van der Waals surface area contributed by atoms with E-state index in [2.05, 4.69) is 0 Å². The van der Waals surface area contributed by atoms with Gasteiger partial charge in [-0.1, -0.05) is 24.6 Å². The number of aliphatic hydroxyl groups is 1. The molecule has 3 heteroatoms. The lowest BCUT2D eigenvalue weighted by molar-refractivity contribution is -0.132. The summed E-state index contributed by atoms with van der Waals surface area (Å²) in [6, 6.07) is 9.77. The molecule has 0 spiro atoms. The van der Waals surface area contributed by atoms with E-state index in [9.17, 15) is 5.11 Å². The lowest BCUT2D eigenvalue weighted by Crippen LogP contribution is -2.43. The Morgan fingerprint density at radius 1 is 1.33 bits per heavy atom. The molecule has 1 aliphatic carbocycles. The van der Waals surface area contributed by atoms with Gasteiger partial charge in [-0.3, -0.25) is 0 Å². The van der Waals surface area contributed by atoms with Crippen LogP contribution in [0, 0.1) is 0 Å². The van der Waals surface area contributed by atoms with Crippen LogP contribution in [0.5, 0.6) is 0 Å². The van der Waals surface area contributed by atoms with Gasteiger partial charge in [0.05, 0.1) is 6.10 Å². The van der Waals surface area contributed by atoms with Crippen LogP contribution in [0.25, 0.3) is 11.0 Å². The first kappa shape index (κ1) is 11.8. The van der Waals surface area contributed by atoms with Gasteiger partial charge >= 0.3 is 0 Å². The van der Waals surface area contributed by atoms with E-state index in [0.717, 1.165) is 30.2 Å². The molecule has 0 radical (unpaired) electrons. The molecular formula is C15H18O3. The van der Waals surface area contributed by atoms with Crippen LogP contribution in [0.15, 0.2) is 34.7 Å². The van der Waals surface area contributed by atoms with Crippen molar-refractivity contribution in [2.75, 3.05) is 7.11 Å². The van der Waals surface area contributed by atoms with Gasteiger partial charge in [0.1, 0.15) is 16.9 Å². The minimum Gasteiger partial charge on any atom is -0.458 e. The SMILES string of the molecule is COC1CCCCC1(O)c1cc2ccccc2o1. The number of methoxy groups -OCH3 is 1. The topological polar surface area (TPSA) is 42.6 Å². The Morgan fingerprint density at radius 3 is 2.94 bits per heavy atom. The van der Waals surface area contributed by atoms with Crippen LogP contribution in [0.2, 0.25) is 0 Å². The molecule has 1 heterocycles. The summed E-state index contributed by atoms with van der Waals surface area (Å²) in [4.78, 5) is 0. The van der Waals surface area contributed by atoms with E-state index < -0.39 is 5.60 Å². The number of furan rings is 1. The third-order valence-electron chi connectivity index (χ3n) is 3.94. The van der Waals surface area contributed by atoms with E-state index in [4.69, 9.17) is 9.15 Å². The standard InChI is InChI=1S/C15H18O3/c1-17-13-8-4-5-9-15(13,16)14-10-11-6-2-3-7-12(11)18-14/h2-3,6-7,10,13,16H,4-5,8-9H2,1H3. The first-order valence-electron chi connectivity index (χ1n) is 6.48. The van der Waals surface area contributed by atoms with E-state index in [1.165, 1.54) is 0 Å². The summed E-state index contributed by atoms with van der Waals surface area (Å²) in [6.45, 7) is 0. The molecular weight excluding hydrogens is 228 g/mol. The fourth-order valence-corrected chi connectivity index (χ4v) is 2.91. The van der Waals surface area contributed by atoms with E-state index in [1.54, 1.807) is 7.11 Å². The van der Waals surface area contributed by atoms with Crippen LogP contribution >= 0.6 is 0 Å². The number of hydrogen-bond acceptors (Lipinski definition) is 3. The van der Waals surface area contributed by atoms with E-state index in [-0.39, 0.29) is 6.10 Å². The van der Waals surface area contributed by atoms with Crippen molar-refractivity contribution in [3.8, 4) is 0 Å². The van der Waals surface area contributed by atoms with Gasteiger partial charge in [-0.2, -0.15) is 0 Å². The van der Waals surface area contributed by atoms with Crippen molar-refractivity contribution in [1.82, 2.24) is 0 Å². The second-order valence-electron chi connectivity index (χ2n) is 5.04. The van der Waals surface area contributed by atoms with Crippen LogP contribution in [-0.4, -0.2) is 18.3 Å². The highest BCUT2D eigenvalue weighted by molar-refractivity contribution is 5.77. The summed E-state index contributed by atoms with van der Waals surface area (Å²) in [6.07, 6.45) is 3.51. The molecule has 2 unspecified atom stereocenters. The fraction of sp³-hybridized carbons (Fsp3) is 0.467. The smallest absolute Gasteiger partial charge is 0.148 e. The molecule has 1 fully saturated rings. The predicted octanol–water partition coefficient (Wildman–Crippen LogP) is 3.21. The molecule has 3 rings (SSSR count). The maximum atomic E-state index is 10.9. The second-order valence-corrected chi connectivity index (χ2v) is 5.04. The molecule has 18 heavy (non-hydrogen) atoms. The molecule has 0 saturated heterocycles. The summed E-state index contributed by atoms with van der Waals surface area (Å²) < 4.78 is 11.3. The Labute approximate surface area is 106 Å². The van der Waals surface area contributed by atoms with Gasteiger partial charge in [0, 0.05) is 12.5 Å². The molecule has 3 nitrogen and oxygen atoms in total. The molecule has 2 atom stereocenters. The molecule has 1 N–H and O–H groups in total. The molecule has 1 saturated carbocycles. The van der Waals surface area contributed by atoms with Gasteiger partial charge in [-0.25, -0.2) is 0 Å². The Morgan fingerprint density at radius 2 is 2.17 bits per heavy atom. The van der Waals surface area contributed by atoms with Gasteiger partial charge in [-0.15, -0.1) is 0 Å². The molecule has 96 valence electrons. The van der Waals surface area contributed by atoms with Gasteiger partial charge < -0.3 is 14.3 Å². The minimum atomic E-state index is -0.980. The summed E-state index contributed by atoms with van der Waals surface area (Å²) in [5, 5.41) is 11.9. The van der Waals surface area contributed by atoms with E-state index >= 15 is 0 Å². The summed E-state index contributed by atoms with van der Waals surface area (Å²) in [5.41, 5.74) is -0.159. The van der Waals surface area contributed by atoms with Crippen LogP contribution in [-0.2, 0) is 10.3 Å². The van der Waals surface area contributed by atoms with Crippen molar-refractivity contribution in [3.63, 3.8) is 0 Å². The van der Waals surface area contributed by atoms with Crippen molar-refractivity contribution in [1.29, 1.82) is 0 Å². The molecule has 2 aromatic rings. The number of ether oxygens (including phenoxy) is 1. The van der Waals surface area contributed by atoms with E-state index in [1.807, 2.05) is 30.3 Å². The third kappa shape index (κ3) is 1.74. The van der Waals surface area contributed by atoms with Crippen LogP contribution < -0.4 is 0 Å². The van der Waals surface area contributed by atoms with E-state index in [0.29, 0.717) is 12.2 Å². The summed E-state index contributed by atoms with van der Waals surface area (Å²) >= 11 is 0. The number of hydrogen-bond donors (Lipinski definition) is 1. The first-order valence-corrected chi connectivity index (χ1v) is 6.48. The highest BCUT2D eigenvalue weighted by atomic mass is 16.5.